The number of halogens is 2. The third-order valence-corrected chi connectivity index (χ3v) is 4.29. The van der Waals surface area contributed by atoms with E-state index in [-0.39, 0.29) is 30.8 Å². The van der Waals surface area contributed by atoms with Crippen LogP contribution in [-0.4, -0.2) is 36.4 Å². The Hall–Kier alpha value is -2.60. The average molecular weight is 393 g/mol. The molecule has 1 atom stereocenters. The fourth-order valence-electron chi connectivity index (χ4n) is 2.66. The minimum atomic E-state index is -0.657. The Kier molecular flexibility index (Phi) is 7.61. The predicted molar refractivity (Wildman–Crippen MR) is 102 cm³/mol. The van der Waals surface area contributed by atoms with Crippen LogP contribution in [0.15, 0.2) is 48.5 Å². The molecule has 0 aliphatic heterocycles. The van der Waals surface area contributed by atoms with Crippen LogP contribution in [0.1, 0.15) is 18.9 Å². The van der Waals surface area contributed by atoms with E-state index in [9.17, 15) is 14.0 Å². The Bertz CT molecular complexity index is 783. The van der Waals surface area contributed by atoms with Gasteiger partial charge in [-0.1, -0.05) is 36.7 Å². The van der Waals surface area contributed by atoms with Crippen molar-refractivity contribution in [2.24, 2.45) is 0 Å². The Morgan fingerprint density at radius 2 is 1.93 bits per heavy atom. The van der Waals surface area contributed by atoms with Crippen LogP contribution in [0.3, 0.4) is 0 Å². The monoisotopic (exact) mass is 392 g/mol. The van der Waals surface area contributed by atoms with E-state index in [2.05, 4.69) is 5.32 Å². The van der Waals surface area contributed by atoms with Gasteiger partial charge in [0, 0.05) is 18.6 Å². The molecule has 0 bridgehead atoms. The molecule has 2 aromatic carbocycles. The van der Waals surface area contributed by atoms with Gasteiger partial charge < -0.3 is 15.0 Å². The molecular weight excluding hydrogens is 371 g/mol. The zero-order valence-corrected chi connectivity index (χ0v) is 16.0. The topological polar surface area (TPSA) is 58.6 Å². The van der Waals surface area contributed by atoms with Crippen molar-refractivity contribution in [3.63, 3.8) is 0 Å². The van der Waals surface area contributed by atoms with Crippen molar-refractivity contribution in [3.05, 3.63) is 64.9 Å². The summed E-state index contributed by atoms with van der Waals surface area (Å²) in [5, 5.41) is 3.08. The number of amides is 2. The molecule has 144 valence electrons. The number of hydrogen-bond acceptors (Lipinski definition) is 3. The molecule has 0 aromatic heterocycles. The van der Waals surface area contributed by atoms with Gasteiger partial charge in [0.1, 0.15) is 17.6 Å². The van der Waals surface area contributed by atoms with Crippen LogP contribution < -0.4 is 10.1 Å². The molecule has 2 aromatic rings. The second-order valence-corrected chi connectivity index (χ2v) is 6.37. The maximum absolute atomic E-state index is 13.2. The summed E-state index contributed by atoms with van der Waals surface area (Å²) in [4.78, 5) is 26.5. The minimum Gasteiger partial charge on any atom is -0.484 e. The maximum Gasteiger partial charge on any atom is 0.261 e. The molecule has 2 rings (SSSR count). The highest BCUT2D eigenvalue weighted by atomic mass is 35.5. The van der Waals surface area contributed by atoms with Crippen LogP contribution in [0.2, 0.25) is 5.02 Å². The van der Waals surface area contributed by atoms with Crippen molar-refractivity contribution in [1.29, 1.82) is 0 Å². The maximum atomic E-state index is 13.2. The smallest absolute Gasteiger partial charge is 0.261 e. The molecule has 0 spiro atoms. The third kappa shape index (κ3) is 5.96. The van der Waals surface area contributed by atoms with Crippen molar-refractivity contribution in [1.82, 2.24) is 10.2 Å². The fourth-order valence-corrected chi connectivity index (χ4v) is 2.84. The number of carbonyl (C=O) groups excluding carboxylic acids is 2. The first-order chi connectivity index (χ1) is 12.9. The van der Waals surface area contributed by atoms with Crippen LogP contribution in [-0.2, 0) is 16.1 Å². The molecule has 0 heterocycles. The quantitative estimate of drug-likeness (QED) is 0.749. The number of hydrogen-bond donors (Lipinski definition) is 1. The predicted octanol–water partition coefficient (Wildman–Crippen LogP) is 3.41. The van der Waals surface area contributed by atoms with E-state index < -0.39 is 6.04 Å². The lowest BCUT2D eigenvalue weighted by Crippen LogP contribution is -2.49. The highest BCUT2D eigenvalue weighted by Crippen LogP contribution is 2.18. The Balaban J connectivity index is 2.17. The zero-order chi connectivity index (χ0) is 19.8. The van der Waals surface area contributed by atoms with E-state index in [4.69, 9.17) is 16.3 Å². The molecule has 2 amide bonds. The third-order valence-electron chi connectivity index (χ3n) is 4.06. The second-order valence-electron chi connectivity index (χ2n) is 5.93. The van der Waals surface area contributed by atoms with Gasteiger partial charge in [0.2, 0.25) is 5.91 Å². The summed E-state index contributed by atoms with van der Waals surface area (Å²) in [6.45, 7) is 1.75. The summed E-state index contributed by atoms with van der Waals surface area (Å²) in [6.07, 6.45) is 0.434. The molecule has 1 unspecified atom stereocenters. The summed E-state index contributed by atoms with van der Waals surface area (Å²) < 4.78 is 18.7. The van der Waals surface area contributed by atoms with Gasteiger partial charge in [0.25, 0.3) is 5.91 Å². The molecule has 27 heavy (non-hydrogen) atoms. The molecule has 0 saturated heterocycles. The normalized spacial score (nSPS) is 11.6. The number of likely N-dealkylation sites (N-methyl/N-ethyl adjacent to an activating group) is 1. The summed E-state index contributed by atoms with van der Waals surface area (Å²) in [5.74, 6) is -0.518. The SMILES string of the molecule is CCC(C(=O)NC)N(Cc1ccc(F)cc1)C(=O)COc1cccc(Cl)c1. The summed E-state index contributed by atoms with van der Waals surface area (Å²) >= 11 is 5.92. The second kappa shape index (κ2) is 9.92. The number of carbonyl (C=O) groups is 2. The van der Waals surface area contributed by atoms with Gasteiger partial charge >= 0.3 is 0 Å². The van der Waals surface area contributed by atoms with Crippen LogP contribution in [0, 0.1) is 5.82 Å². The van der Waals surface area contributed by atoms with Crippen molar-refractivity contribution >= 4 is 23.4 Å². The van der Waals surface area contributed by atoms with Gasteiger partial charge in [-0.15, -0.1) is 0 Å². The summed E-state index contributed by atoms with van der Waals surface area (Å²) in [5.41, 5.74) is 0.717. The van der Waals surface area contributed by atoms with E-state index in [1.165, 1.54) is 24.1 Å². The molecular formula is C20H22ClFN2O3. The van der Waals surface area contributed by atoms with Crippen molar-refractivity contribution in [3.8, 4) is 5.75 Å². The molecule has 0 fully saturated rings. The van der Waals surface area contributed by atoms with Crippen LogP contribution in [0.5, 0.6) is 5.75 Å². The largest absolute Gasteiger partial charge is 0.484 e. The number of nitrogens with zero attached hydrogens (tertiary/aromatic N) is 1. The lowest BCUT2D eigenvalue weighted by Gasteiger charge is -2.30. The van der Waals surface area contributed by atoms with Gasteiger partial charge in [-0.05, 0) is 42.3 Å². The molecule has 1 N–H and O–H groups in total. The van der Waals surface area contributed by atoms with E-state index in [1.807, 2.05) is 6.92 Å². The molecule has 0 saturated carbocycles. The van der Waals surface area contributed by atoms with E-state index in [0.29, 0.717) is 17.2 Å². The number of benzene rings is 2. The Labute approximate surface area is 163 Å². The van der Waals surface area contributed by atoms with E-state index >= 15 is 0 Å². The van der Waals surface area contributed by atoms with Gasteiger partial charge in [0.15, 0.2) is 6.61 Å². The summed E-state index contributed by atoms with van der Waals surface area (Å²) in [6, 6.07) is 11.9. The van der Waals surface area contributed by atoms with Gasteiger partial charge in [-0.25, -0.2) is 4.39 Å². The number of nitrogens with one attached hydrogen (secondary N) is 1. The fraction of sp³-hybridized carbons (Fsp3) is 0.300. The summed E-state index contributed by atoms with van der Waals surface area (Å²) in [7, 11) is 1.52. The van der Waals surface area contributed by atoms with E-state index in [0.717, 1.165) is 5.56 Å². The molecule has 0 aliphatic carbocycles. The van der Waals surface area contributed by atoms with E-state index in [1.54, 1.807) is 36.4 Å². The minimum absolute atomic E-state index is 0.171. The lowest BCUT2D eigenvalue weighted by molar-refractivity contribution is -0.142. The molecule has 0 aliphatic rings. The lowest BCUT2D eigenvalue weighted by atomic mass is 10.1. The Morgan fingerprint density at radius 3 is 2.52 bits per heavy atom. The van der Waals surface area contributed by atoms with Crippen molar-refractivity contribution < 1.29 is 18.7 Å². The molecule has 0 radical (unpaired) electrons. The van der Waals surface area contributed by atoms with Gasteiger partial charge in [-0.2, -0.15) is 0 Å². The van der Waals surface area contributed by atoms with Crippen molar-refractivity contribution in [2.45, 2.75) is 25.9 Å². The highest BCUT2D eigenvalue weighted by Gasteiger charge is 2.28. The Morgan fingerprint density at radius 1 is 1.22 bits per heavy atom. The highest BCUT2D eigenvalue weighted by molar-refractivity contribution is 6.30. The number of ether oxygens (including phenoxy) is 1. The molecule has 5 nitrogen and oxygen atoms in total. The van der Waals surface area contributed by atoms with Crippen molar-refractivity contribution in [2.75, 3.05) is 13.7 Å². The first kappa shape index (κ1) is 20.7. The average Bonchev–Trinajstić information content (AvgIpc) is 2.67. The first-order valence-electron chi connectivity index (χ1n) is 8.58. The standard InChI is InChI=1S/C20H22ClFN2O3/c1-3-18(20(26)23-2)24(12-14-7-9-16(22)10-8-14)19(25)13-27-17-6-4-5-15(21)11-17/h4-11,18H,3,12-13H2,1-2H3,(H,23,26). The van der Waals surface area contributed by atoms with Crippen LogP contribution in [0.25, 0.3) is 0 Å². The van der Waals surface area contributed by atoms with Crippen LogP contribution >= 0.6 is 11.6 Å². The van der Waals surface area contributed by atoms with Gasteiger partial charge in [0.05, 0.1) is 0 Å². The van der Waals surface area contributed by atoms with Gasteiger partial charge in [-0.3, -0.25) is 9.59 Å². The molecule has 7 heteroatoms. The first-order valence-corrected chi connectivity index (χ1v) is 8.96. The zero-order valence-electron chi connectivity index (χ0n) is 15.2. The van der Waals surface area contributed by atoms with Crippen LogP contribution in [0.4, 0.5) is 4.39 Å². The number of rotatable bonds is 8.